The van der Waals surface area contributed by atoms with Crippen molar-refractivity contribution in [1.82, 2.24) is 4.72 Å². The van der Waals surface area contributed by atoms with Gasteiger partial charge >= 0.3 is 5.97 Å². The van der Waals surface area contributed by atoms with Gasteiger partial charge in [0.15, 0.2) is 6.04 Å². The van der Waals surface area contributed by atoms with Crippen molar-refractivity contribution in [3.8, 4) is 0 Å². The Morgan fingerprint density at radius 1 is 1.70 bits per heavy atom. The highest BCUT2D eigenvalue weighted by atomic mass is 32.2. The molecule has 0 spiro atoms. The molecule has 1 unspecified atom stereocenters. The van der Waals surface area contributed by atoms with Crippen LogP contribution < -0.4 is 4.72 Å². The van der Waals surface area contributed by atoms with Gasteiger partial charge in [-0.1, -0.05) is 0 Å². The minimum atomic E-state index is -3.27. The molecule has 1 atom stereocenters. The van der Waals surface area contributed by atoms with Gasteiger partial charge in [0.25, 0.3) is 0 Å². The molecule has 10 heavy (non-hydrogen) atoms. The SMILES string of the molecule is CS(=O)(=O)NC1COC1=O. The highest BCUT2D eigenvalue weighted by molar-refractivity contribution is 7.88. The summed E-state index contributed by atoms with van der Waals surface area (Å²) in [4.78, 5) is 10.4. The number of sulfonamides is 1. The number of nitrogens with one attached hydrogen (secondary N) is 1. The first-order valence-electron chi connectivity index (χ1n) is 2.63. The topological polar surface area (TPSA) is 72.5 Å². The van der Waals surface area contributed by atoms with Crippen LogP contribution in [0.3, 0.4) is 0 Å². The van der Waals surface area contributed by atoms with E-state index in [1.165, 1.54) is 0 Å². The molecule has 1 rings (SSSR count). The van der Waals surface area contributed by atoms with E-state index in [-0.39, 0.29) is 6.61 Å². The Kier molecular flexibility index (Phi) is 1.65. The maximum Gasteiger partial charge on any atom is 0.327 e. The lowest BCUT2D eigenvalue weighted by Crippen LogP contribution is -2.52. The van der Waals surface area contributed by atoms with E-state index in [0.29, 0.717) is 0 Å². The average Bonchev–Trinajstić information content (AvgIpc) is 1.78. The summed E-state index contributed by atoms with van der Waals surface area (Å²) in [7, 11) is -3.27. The zero-order chi connectivity index (χ0) is 7.78. The Morgan fingerprint density at radius 2 is 2.30 bits per heavy atom. The van der Waals surface area contributed by atoms with Gasteiger partial charge in [-0.2, -0.15) is 4.72 Å². The minimum absolute atomic E-state index is 0.145. The summed E-state index contributed by atoms with van der Waals surface area (Å²) in [5.41, 5.74) is 0. The van der Waals surface area contributed by atoms with Crippen LogP contribution in [0.15, 0.2) is 0 Å². The van der Waals surface area contributed by atoms with E-state index in [1.807, 2.05) is 0 Å². The molecular formula is C4H7NO4S. The third kappa shape index (κ3) is 1.68. The fraction of sp³-hybridized carbons (Fsp3) is 0.750. The fourth-order valence-electron chi connectivity index (χ4n) is 0.575. The van der Waals surface area contributed by atoms with Gasteiger partial charge in [0.2, 0.25) is 10.0 Å². The molecule has 1 aliphatic rings. The van der Waals surface area contributed by atoms with Gasteiger partial charge in [0.1, 0.15) is 6.61 Å². The van der Waals surface area contributed by atoms with Crippen LogP contribution in [0, 0.1) is 0 Å². The standard InChI is InChI=1S/C4H7NO4S/c1-10(7,8)5-3-2-9-4(3)6/h3,5H,2H2,1H3. The summed E-state index contributed by atoms with van der Waals surface area (Å²) in [6.45, 7) is 0.145. The number of carbonyl (C=O) groups excluding carboxylic acids is 1. The monoisotopic (exact) mass is 165 g/mol. The van der Waals surface area contributed by atoms with E-state index in [1.54, 1.807) is 0 Å². The summed E-state index contributed by atoms with van der Waals surface area (Å²) in [5.74, 6) is -0.509. The molecule has 0 aromatic rings. The van der Waals surface area contributed by atoms with E-state index in [9.17, 15) is 13.2 Å². The van der Waals surface area contributed by atoms with Crippen molar-refractivity contribution >= 4 is 16.0 Å². The molecule has 0 amide bonds. The summed E-state index contributed by atoms with van der Waals surface area (Å²) < 4.78 is 27.3. The Balaban J connectivity index is 2.48. The molecule has 6 heteroatoms. The molecule has 5 nitrogen and oxygen atoms in total. The molecule has 0 saturated carbocycles. The van der Waals surface area contributed by atoms with Crippen LogP contribution in [0.25, 0.3) is 0 Å². The van der Waals surface area contributed by atoms with Crippen molar-refractivity contribution in [1.29, 1.82) is 0 Å². The summed E-state index contributed by atoms with van der Waals surface area (Å²) in [6, 6.07) is -0.657. The number of hydrogen-bond donors (Lipinski definition) is 1. The first-order valence-corrected chi connectivity index (χ1v) is 4.52. The quantitative estimate of drug-likeness (QED) is 0.503. The molecule has 0 aliphatic carbocycles. The molecule has 0 bridgehead atoms. The predicted octanol–water partition coefficient (Wildman–Crippen LogP) is -1.54. The van der Waals surface area contributed by atoms with Gasteiger partial charge < -0.3 is 4.74 Å². The Morgan fingerprint density at radius 3 is 2.40 bits per heavy atom. The molecule has 1 fully saturated rings. The molecule has 1 N–H and O–H groups in total. The second kappa shape index (κ2) is 2.21. The van der Waals surface area contributed by atoms with Crippen molar-refractivity contribution in [2.45, 2.75) is 6.04 Å². The Labute approximate surface area is 58.4 Å². The minimum Gasteiger partial charge on any atom is -0.462 e. The first kappa shape index (κ1) is 7.49. The maximum absolute atomic E-state index is 10.5. The van der Waals surface area contributed by atoms with Crippen molar-refractivity contribution in [3.05, 3.63) is 0 Å². The summed E-state index contributed by atoms with van der Waals surface area (Å²) >= 11 is 0. The van der Waals surface area contributed by atoms with Crippen LogP contribution in [0.2, 0.25) is 0 Å². The van der Waals surface area contributed by atoms with Crippen molar-refractivity contribution in [3.63, 3.8) is 0 Å². The molecule has 0 aromatic heterocycles. The van der Waals surface area contributed by atoms with Crippen LogP contribution in [0.5, 0.6) is 0 Å². The highest BCUT2D eigenvalue weighted by Crippen LogP contribution is 2.02. The molecule has 1 heterocycles. The van der Waals surface area contributed by atoms with Gasteiger partial charge in [-0.3, -0.25) is 4.79 Å². The van der Waals surface area contributed by atoms with Gasteiger partial charge in [-0.05, 0) is 0 Å². The van der Waals surface area contributed by atoms with Crippen molar-refractivity contribution in [2.75, 3.05) is 12.9 Å². The molecule has 0 radical (unpaired) electrons. The van der Waals surface area contributed by atoms with E-state index in [4.69, 9.17) is 0 Å². The third-order valence-corrected chi connectivity index (χ3v) is 1.75. The van der Waals surface area contributed by atoms with Crippen LogP contribution in [0.4, 0.5) is 0 Å². The van der Waals surface area contributed by atoms with Crippen molar-refractivity contribution in [2.24, 2.45) is 0 Å². The lowest BCUT2D eigenvalue weighted by Gasteiger charge is -2.23. The normalized spacial score (nSPS) is 25.3. The molecular weight excluding hydrogens is 158 g/mol. The zero-order valence-corrected chi connectivity index (χ0v) is 6.14. The van der Waals surface area contributed by atoms with Crippen LogP contribution in [-0.4, -0.2) is 33.3 Å². The van der Waals surface area contributed by atoms with Crippen LogP contribution in [0.1, 0.15) is 0 Å². The van der Waals surface area contributed by atoms with Crippen LogP contribution >= 0.6 is 0 Å². The Hall–Kier alpha value is -0.620. The predicted molar refractivity (Wildman–Crippen MR) is 32.7 cm³/mol. The molecule has 0 aromatic carbocycles. The van der Waals surface area contributed by atoms with Gasteiger partial charge in [0, 0.05) is 0 Å². The molecule has 58 valence electrons. The molecule has 1 aliphatic heterocycles. The second-order valence-corrected chi connectivity index (χ2v) is 3.85. The number of rotatable bonds is 2. The van der Waals surface area contributed by atoms with Crippen molar-refractivity contribution < 1.29 is 17.9 Å². The van der Waals surface area contributed by atoms with E-state index in [2.05, 4.69) is 9.46 Å². The van der Waals surface area contributed by atoms with E-state index >= 15 is 0 Å². The van der Waals surface area contributed by atoms with E-state index in [0.717, 1.165) is 6.26 Å². The van der Waals surface area contributed by atoms with E-state index < -0.39 is 22.0 Å². The summed E-state index contributed by atoms with van der Waals surface area (Å²) in [5, 5.41) is 0. The van der Waals surface area contributed by atoms with Gasteiger partial charge in [0.05, 0.1) is 6.26 Å². The summed E-state index contributed by atoms with van der Waals surface area (Å²) in [6.07, 6.45) is 0.999. The smallest absolute Gasteiger partial charge is 0.327 e. The van der Waals surface area contributed by atoms with Crippen LogP contribution in [-0.2, 0) is 19.6 Å². The third-order valence-electron chi connectivity index (χ3n) is 1.03. The zero-order valence-electron chi connectivity index (χ0n) is 5.33. The number of ether oxygens (including phenoxy) is 1. The first-order chi connectivity index (χ1) is 4.49. The lowest BCUT2D eigenvalue weighted by molar-refractivity contribution is -0.161. The number of esters is 1. The lowest BCUT2D eigenvalue weighted by atomic mass is 10.3. The maximum atomic E-state index is 10.5. The number of cyclic esters (lactones) is 1. The fourth-order valence-corrected chi connectivity index (χ4v) is 1.26. The largest absolute Gasteiger partial charge is 0.462 e. The molecule has 1 saturated heterocycles. The second-order valence-electron chi connectivity index (χ2n) is 2.07. The Bertz CT molecular complexity index is 244. The number of hydrogen-bond acceptors (Lipinski definition) is 4. The highest BCUT2D eigenvalue weighted by Gasteiger charge is 2.32. The van der Waals surface area contributed by atoms with Gasteiger partial charge in [-0.15, -0.1) is 0 Å². The number of carbonyl (C=O) groups is 1. The average molecular weight is 165 g/mol. The van der Waals surface area contributed by atoms with Gasteiger partial charge in [-0.25, -0.2) is 8.42 Å².